The molecule has 0 bridgehead atoms. The number of hydrogen-bond acceptors (Lipinski definition) is 7. The second-order valence-electron chi connectivity index (χ2n) is 7.31. The minimum atomic E-state index is -4.48. The number of fused-ring (bicyclic) bond motifs is 2. The summed E-state index contributed by atoms with van der Waals surface area (Å²) in [7, 11) is -4.48. The van der Waals surface area contributed by atoms with Crippen molar-refractivity contribution >= 4 is 48.9 Å². The van der Waals surface area contributed by atoms with Gasteiger partial charge in [0.05, 0.1) is 23.1 Å². The fourth-order valence-corrected chi connectivity index (χ4v) is 4.39. The molecule has 0 unspecified atom stereocenters. The van der Waals surface area contributed by atoms with Crippen molar-refractivity contribution < 1.29 is 13.0 Å². The molecule has 0 atom stereocenters. The van der Waals surface area contributed by atoms with Gasteiger partial charge in [-0.2, -0.15) is 8.42 Å². The van der Waals surface area contributed by atoms with Crippen LogP contribution in [0.15, 0.2) is 100 Å². The highest BCUT2D eigenvalue weighted by molar-refractivity contribution is 7.86. The maximum atomic E-state index is 11.9. The van der Waals surface area contributed by atoms with Gasteiger partial charge in [0, 0.05) is 27.9 Å². The Morgan fingerprint density at radius 1 is 0.848 bits per heavy atom. The van der Waals surface area contributed by atoms with Crippen LogP contribution < -0.4 is 5.73 Å². The van der Waals surface area contributed by atoms with Crippen molar-refractivity contribution in [2.45, 2.75) is 4.90 Å². The molecule has 162 valence electrons. The van der Waals surface area contributed by atoms with E-state index >= 15 is 0 Å². The van der Waals surface area contributed by atoms with Crippen LogP contribution in [0.25, 0.3) is 32.9 Å². The van der Waals surface area contributed by atoms with Gasteiger partial charge in [-0.3, -0.25) is 14.5 Å². The highest BCUT2D eigenvalue weighted by Gasteiger charge is 2.18. The van der Waals surface area contributed by atoms with Crippen molar-refractivity contribution in [3.8, 4) is 11.3 Å². The van der Waals surface area contributed by atoms with E-state index in [9.17, 15) is 13.0 Å². The first-order valence-electron chi connectivity index (χ1n) is 9.92. The van der Waals surface area contributed by atoms with E-state index in [4.69, 9.17) is 5.73 Å². The molecule has 0 aliphatic heterocycles. The fraction of sp³-hybridized carbons (Fsp3) is 0. The molecule has 5 rings (SSSR count). The quantitative estimate of drug-likeness (QED) is 0.203. The van der Waals surface area contributed by atoms with Crippen molar-refractivity contribution in [3.63, 3.8) is 0 Å². The lowest BCUT2D eigenvalue weighted by molar-refractivity contribution is 0.484. The van der Waals surface area contributed by atoms with E-state index in [-0.39, 0.29) is 16.3 Å². The first kappa shape index (κ1) is 20.7. The van der Waals surface area contributed by atoms with E-state index in [1.54, 1.807) is 42.7 Å². The zero-order chi connectivity index (χ0) is 23.0. The Balaban J connectivity index is 1.52. The molecule has 0 fully saturated rings. The molecular weight excluding hydrogens is 438 g/mol. The van der Waals surface area contributed by atoms with Gasteiger partial charge in [-0.25, -0.2) is 0 Å². The molecular formula is C24H17N5O3S. The summed E-state index contributed by atoms with van der Waals surface area (Å²) in [6, 6.07) is 21.1. The van der Waals surface area contributed by atoms with E-state index < -0.39 is 10.1 Å². The maximum absolute atomic E-state index is 11.9. The summed E-state index contributed by atoms with van der Waals surface area (Å²) in [5.74, 6) is 0. The zero-order valence-corrected chi connectivity index (χ0v) is 17.9. The van der Waals surface area contributed by atoms with Crippen LogP contribution in [0, 0.1) is 0 Å². The van der Waals surface area contributed by atoms with E-state index in [0.29, 0.717) is 16.5 Å². The number of rotatable bonds is 4. The van der Waals surface area contributed by atoms with Crippen LogP contribution >= 0.6 is 0 Å². The molecule has 0 aliphatic carbocycles. The fourth-order valence-electron chi connectivity index (χ4n) is 3.67. The molecule has 3 N–H and O–H groups in total. The van der Waals surface area contributed by atoms with Crippen molar-refractivity contribution in [3.05, 3.63) is 85.2 Å². The van der Waals surface area contributed by atoms with Crippen LogP contribution in [0.2, 0.25) is 0 Å². The number of azo groups is 1. The minimum Gasteiger partial charge on any atom is -0.396 e. The van der Waals surface area contributed by atoms with Crippen LogP contribution in [-0.4, -0.2) is 22.9 Å². The van der Waals surface area contributed by atoms with Gasteiger partial charge in [0.2, 0.25) is 0 Å². The zero-order valence-electron chi connectivity index (χ0n) is 17.1. The summed E-state index contributed by atoms with van der Waals surface area (Å²) in [5.41, 5.74) is 9.51. The summed E-state index contributed by atoms with van der Waals surface area (Å²) in [6.45, 7) is 0. The lowest BCUT2D eigenvalue weighted by Gasteiger charge is -2.09. The Morgan fingerprint density at radius 3 is 2.39 bits per heavy atom. The second kappa shape index (κ2) is 8.05. The van der Waals surface area contributed by atoms with Crippen LogP contribution in [0.5, 0.6) is 0 Å². The number of hydrogen-bond donors (Lipinski definition) is 2. The molecule has 0 saturated heterocycles. The third kappa shape index (κ3) is 3.91. The maximum Gasteiger partial charge on any atom is 0.295 e. The van der Waals surface area contributed by atoms with Gasteiger partial charge in [0.1, 0.15) is 16.3 Å². The molecule has 2 aromatic heterocycles. The van der Waals surface area contributed by atoms with Gasteiger partial charge in [-0.05, 0) is 24.3 Å². The highest BCUT2D eigenvalue weighted by atomic mass is 32.2. The Labute approximate surface area is 189 Å². The second-order valence-corrected chi connectivity index (χ2v) is 8.70. The topological polar surface area (TPSA) is 131 Å². The van der Waals surface area contributed by atoms with Gasteiger partial charge in [0.25, 0.3) is 10.1 Å². The predicted molar refractivity (Wildman–Crippen MR) is 127 cm³/mol. The van der Waals surface area contributed by atoms with Crippen molar-refractivity contribution in [1.29, 1.82) is 0 Å². The molecule has 8 nitrogen and oxygen atoms in total. The standard InChI is InChI=1S/C24H17N5O3S/c25-23-18-8-2-1-7-17(18)22(33(30,31)32)13-21(23)29-28-16-10-11-20(27-14-16)19-9-3-5-15-6-4-12-26-24(15)19/h1-14H,25H2,(H,30,31,32). The van der Waals surface area contributed by atoms with E-state index in [0.717, 1.165) is 22.2 Å². The summed E-state index contributed by atoms with van der Waals surface area (Å²) in [6.07, 6.45) is 3.30. The van der Waals surface area contributed by atoms with Crippen molar-refractivity contribution in [2.75, 3.05) is 5.73 Å². The van der Waals surface area contributed by atoms with E-state index in [2.05, 4.69) is 20.2 Å². The summed E-state index contributed by atoms with van der Waals surface area (Å²) < 4.78 is 33.4. The summed E-state index contributed by atoms with van der Waals surface area (Å²) in [5, 5.41) is 10.1. The smallest absolute Gasteiger partial charge is 0.295 e. The first-order valence-corrected chi connectivity index (χ1v) is 11.4. The molecule has 33 heavy (non-hydrogen) atoms. The highest BCUT2D eigenvalue weighted by Crippen LogP contribution is 2.37. The summed E-state index contributed by atoms with van der Waals surface area (Å²) in [4.78, 5) is 8.65. The lowest BCUT2D eigenvalue weighted by Crippen LogP contribution is -2.01. The first-order chi connectivity index (χ1) is 15.9. The average Bonchev–Trinajstić information content (AvgIpc) is 2.83. The van der Waals surface area contributed by atoms with Gasteiger partial charge in [-0.1, -0.05) is 48.5 Å². The minimum absolute atomic E-state index is 0.128. The van der Waals surface area contributed by atoms with Crippen LogP contribution in [0.3, 0.4) is 0 Å². The normalized spacial score (nSPS) is 12.0. The number of para-hydroxylation sites is 1. The van der Waals surface area contributed by atoms with Crippen LogP contribution in [-0.2, 0) is 10.1 Å². The molecule has 0 saturated carbocycles. The average molecular weight is 455 g/mol. The van der Waals surface area contributed by atoms with E-state index in [1.807, 2.05) is 36.4 Å². The molecule has 0 radical (unpaired) electrons. The third-order valence-electron chi connectivity index (χ3n) is 5.23. The Kier molecular flexibility index (Phi) is 5.04. The molecule has 3 aromatic carbocycles. The van der Waals surface area contributed by atoms with Crippen molar-refractivity contribution in [2.24, 2.45) is 10.2 Å². The van der Waals surface area contributed by atoms with Crippen molar-refractivity contribution in [1.82, 2.24) is 9.97 Å². The van der Waals surface area contributed by atoms with Gasteiger partial charge < -0.3 is 5.73 Å². The van der Waals surface area contributed by atoms with Crippen LogP contribution in [0.1, 0.15) is 0 Å². The molecule has 0 spiro atoms. The number of nitrogens with two attached hydrogens (primary N) is 1. The third-order valence-corrected chi connectivity index (χ3v) is 6.13. The van der Waals surface area contributed by atoms with E-state index in [1.165, 1.54) is 6.07 Å². The summed E-state index contributed by atoms with van der Waals surface area (Å²) >= 11 is 0. The molecule has 0 aliphatic rings. The Hall–Kier alpha value is -4.21. The van der Waals surface area contributed by atoms with Gasteiger partial charge >= 0.3 is 0 Å². The van der Waals surface area contributed by atoms with Crippen LogP contribution in [0.4, 0.5) is 17.1 Å². The molecule has 5 aromatic rings. The van der Waals surface area contributed by atoms with Gasteiger partial charge in [-0.15, -0.1) is 10.2 Å². The Bertz CT molecular complexity index is 1640. The predicted octanol–water partition coefficient (Wildman–Crippen LogP) is 5.69. The largest absolute Gasteiger partial charge is 0.396 e. The molecule has 0 amide bonds. The monoisotopic (exact) mass is 455 g/mol. The molecule has 9 heteroatoms. The lowest BCUT2D eigenvalue weighted by atomic mass is 10.1. The Morgan fingerprint density at radius 2 is 1.64 bits per heavy atom. The number of nitrogen functional groups attached to an aromatic ring is 1. The number of nitrogens with zero attached hydrogens (tertiary/aromatic N) is 4. The van der Waals surface area contributed by atoms with Gasteiger partial charge in [0.15, 0.2) is 0 Å². The number of benzene rings is 3. The molecule has 2 heterocycles. The number of anilines is 1. The number of aromatic nitrogens is 2. The SMILES string of the molecule is Nc1c(N=Nc2ccc(-c3cccc4cccnc34)nc2)cc(S(=O)(=O)O)c2ccccc12. The number of pyridine rings is 2.